The van der Waals surface area contributed by atoms with Crippen LogP contribution in [0, 0.1) is 29.6 Å². The van der Waals surface area contributed by atoms with Crippen molar-refractivity contribution in [1.29, 1.82) is 0 Å². The van der Waals surface area contributed by atoms with Gasteiger partial charge in [0.1, 0.15) is 134 Å². The molecular formula is C99H173NO50. The molecule has 8 fully saturated rings. The molecule has 0 radical (unpaired) electrons. The molecule has 46 atom stereocenters. The van der Waals surface area contributed by atoms with Gasteiger partial charge in [-0.15, -0.1) is 0 Å². The number of aliphatic hydroxyl groups is 25. The van der Waals surface area contributed by atoms with E-state index in [0.717, 1.165) is 70.6 Å². The van der Waals surface area contributed by atoms with E-state index in [4.69, 9.17) is 94.7 Å². The van der Waals surface area contributed by atoms with Gasteiger partial charge in [0, 0.05) is 36.0 Å². The molecule has 1 amide bonds. The molecule has 0 saturated carbocycles. The van der Waals surface area contributed by atoms with E-state index in [1.165, 1.54) is 118 Å². The van der Waals surface area contributed by atoms with Crippen molar-refractivity contribution in [3.63, 3.8) is 0 Å². The first-order valence-corrected chi connectivity index (χ1v) is 53.2. The van der Waals surface area contributed by atoms with Crippen molar-refractivity contribution in [2.45, 2.75) is 492 Å². The van der Waals surface area contributed by atoms with Crippen LogP contribution in [0.4, 0.5) is 0 Å². The minimum absolute atomic E-state index is 0.0859. The Kier molecular flexibility index (Phi) is 56.3. The van der Waals surface area contributed by atoms with Gasteiger partial charge in [-0.05, 0) is 19.3 Å². The second-order valence-electron chi connectivity index (χ2n) is 41.0. The van der Waals surface area contributed by atoms with Gasteiger partial charge in [-0.25, -0.2) is 0 Å². The van der Waals surface area contributed by atoms with Gasteiger partial charge in [0.25, 0.3) is 25.9 Å². The monoisotopic (exact) mass is 2180 g/mol. The molecule has 0 aromatic carbocycles. The summed E-state index contributed by atoms with van der Waals surface area (Å²) in [5, 5.41) is 289. The van der Waals surface area contributed by atoms with Crippen LogP contribution < -0.4 is 5.32 Å². The van der Waals surface area contributed by atoms with Crippen LogP contribution in [-0.2, 0) is 119 Å². The lowest BCUT2D eigenvalue weighted by atomic mass is 9.86. The molecule has 8 saturated heterocycles. The largest absolute Gasteiger partial charge is 0.410 e. The summed E-state index contributed by atoms with van der Waals surface area (Å²) in [6.07, 6.45) is -48.0. The zero-order valence-electron chi connectivity index (χ0n) is 86.7. The number of unbranched alkanes of at least 4 members (excludes halogenated alkanes) is 23. The number of carbonyl (C=O) groups excluding carboxylic acids is 5. The molecule has 51 heteroatoms. The highest BCUT2D eigenvalue weighted by Gasteiger charge is 2.65. The van der Waals surface area contributed by atoms with Crippen molar-refractivity contribution in [3.05, 3.63) is 12.2 Å². The predicted molar refractivity (Wildman–Crippen MR) is 509 cm³/mol. The van der Waals surface area contributed by atoms with Crippen molar-refractivity contribution in [2.75, 3.05) is 59.5 Å². The molecule has 8 heterocycles. The van der Waals surface area contributed by atoms with Crippen LogP contribution in [0.2, 0.25) is 0 Å². The van der Waals surface area contributed by atoms with E-state index in [0.29, 0.717) is 12.8 Å². The van der Waals surface area contributed by atoms with E-state index < -0.39 is 371 Å². The van der Waals surface area contributed by atoms with Crippen LogP contribution in [0.3, 0.4) is 0 Å². The molecule has 8 rings (SSSR count). The standard InChI is InChI=1S/C99H173NO50/c1-8-10-12-14-16-18-20-22-24-26-28-30-32-34-59(113)58(100-72(120)35-33-31-29-27-25-23-21-19-17-15-13-11-9-2)48-131-93-80(128)79(127)88(70(46-107)138-93)141-95-82(130)91(150-99(135-52-112)39-63(117)56(6)87(148-99)78(126)69(45-106)144-97(133-50-110)37-61(115)54(4)85(146-97)74(122)65(119)41-102)89(71(47-108)139-95)142-92-57(7)83(75(123)66(42-103)136-92)140-94-81(129)90(76(124)67(43-104)137-94)149-98(134-51-111)38-62(116)55(5)86(147-98)77(125)68(44-105)143-96(132-49-109)36-60(114)53(3)84(145-96)73(121)64(118)40-101/h32,34,49-71,73-95,101-108,113-119,121-130H,8-31,33,35-48H2,1-7H3,(H,100,120)/b34-32+/t53-,54-,55-,56-,57?,58+,59-,60-,61-,62-,63-,64-,65-,66?,67?,68-,69-,70?,71?,73-,74-,75+,76+,77-,78-,79-,80?,81?,82?,83-,84?,85?,86?,87?,88-,89+,90+,91-,92+,93-,94+,95+,96-,97-,98+,99+/m1/s1. The number of carbonyl (C=O) groups is 5. The summed E-state index contributed by atoms with van der Waals surface area (Å²) >= 11 is 0. The fourth-order valence-electron chi connectivity index (χ4n) is 20.5. The Morgan fingerprint density at radius 3 is 1.09 bits per heavy atom. The molecule has 0 aromatic heterocycles. The molecule has 0 bridgehead atoms. The van der Waals surface area contributed by atoms with Crippen LogP contribution in [0.1, 0.15) is 241 Å². The predicted octanol–water partition coefficient (Wildman–Crippen LogP) is -4.46. The molecule has 51 nitrogen and oxygen atoms in total. The fraction of sp³-hybridized carbons (Fsp3) is 0.929. The Hall–Kier alpha value is -4.55. The summed E-state index contributed by atoms with van der Waals surface area (Å²) in [5.74, 6) is -19.1. The van der Waals surface area contributed by atoms with E-state index in [1.807, 2.05) is 0 Å². The Morgan fingerprint density at radius 1 is 0.353 bits per heavy atom. The minimum atomic E-state index is -3.24. The van der Waals surface area contributed by atoms with Gasteiger partial charge in [-0.2, -0.15) is 0 Å². The summed E-state index contributed by atoms with van der Waals surface area (Å²) < 4.78 is 120. The number of rotatable bonds is 70. The Labute approximate surface area is 872 Å². The van der Waals surface area contributed by atoms with E-state index in [2.05, 4.69) is 19.2 Å². The van der Waals surface area contributed by atoms with Crippen LogP contribution in [0.25, 0.3) is 0 Å². The van der Waals surface area contributed by atoms with Gasteiger partial charge in [-0.1, -0.05) is 202 Å². The maximum atomic E-state index is 13.8. The normalized spacial score (nSPS) is 38.6. The topological polar surface area (TPSA) is 788 Å². The Morgan fingerprint density at radius 2 is 0.687 bits per heavy atom. The van der Waals surface area contributed by atoms with Crippen molar-refractivity contribution >= 4 is 31.8 Å². The minimum Gasteiger partial charge on any atom is -0.410 e. The van der Waals surface area contributed by atoms with Gasteiger partial charge in [0.2, 0.25) is 5.91 Å². The van der Waals surface area contributed by atoms with Gasteiger partial charge in [-0.3, -0.25) is 24.0 Å². The molecule has 0 spiro atoms. The number of ether oxygens (including phenoxy) is 20. The average Bonchev–Trinajstić information content (AvgIpc) is 0.743. The second-order valence-corrected chi connectivity index (χ2v) is 41.0. The number of amides is 1. The zero-order valence-corrected chi connectivity index (χ0v) is 86.7. The molecule has 8 aliphatic rings. The summed E-state index contributed by atoms with van der Waals surface area (Å²) in [6.45, 7) is -0.296. The molecule has 12 unspecified atom stereocenters. The third kappa shape index (κ3) is 35.5. The highest BCUT2D eigenvalue weighted by atomic mass is 16.9. The molecule has 150 heavy (non-hydrogen) atoms. The van der Waals surface area contributed by atoms with Crippen molar-refractivity contribution in [2.24, 2.45) is 29.6 Å². The summed E-state index contributed by atoms with van der Waals surface area (Å²) in [6, 6.07) is -1.20. The maximum absolute atomic E-state index is 13.8. The van der Waals surface area contributed by atoms with Gasteiger partial charge >= 0.3 is 23.9 Å². The number of aliphatic hydroxyl groups excluding tert-OH is 25. The molecular weight excluding hydrogens is 2000 g/mol. The summed E-state index contributed by atoms with van der Waals surface area (Å²) in [7, 11) is 0. The third-order valence-electron chi connectivity index (χ3n) is 29.9. The summed E-state index contributed by atoms with van der Waals surface area (Å²) in [4.78, 5) is 64.1. The van der Waals surface area contributed by atoms with E-state index in [9.17, 15) is 152 Å². The lowest BCUT2D eigenvalue weighted by molar-refractivity contribution is -0.462. The average molecular weight is 2180 g/mol. The van der Waals surface area contributed by atoms with Crippen molar-refractivity contribution < 1.29 is 246 Å². The maximum Gasteiger partial charge on any atom is 0.332 e. The zero-order chi connectivity index (χ0) is 110. The number of nitrogens with one attached hydrogen (secondary N) is 1. The van der Waals surface area contributed by atoms with Gasteiger partial charge in [0.15, 0.2) is 25.2 Å². The fourth-order valence-corrected chi connectivity index (χ4v) is 20.5. The Balaban J connectivity index is 1.09. The number of hydrogen-bond acceptors (Lipinski definition) is 50. The molecule has 874 valence electrons. The van der Waals surface area contributed by atoms with Crippen LogP contribution in [0.5, 0.6) is 0 Å². The number of allylic oxidation sites excluding steroid dienone is 1. The van der Waals surface area contributed by atoms with Gasteiger partial charge < -0.3 is 228 Å². The lowest BCUT2D eigenvalue weighted by Gasteiger charge is -2.53. The van der Waals surface area contributed by atoms with E-state index in [1.54, 1.807) is 6.08 Å². The first kappa shape index (κ1) is 131. The molecule has 26 N–H and O–H groups in total. The summed E-state index contributed by atoms with van der Waals surface area (Å²) in [5.41, 5.74) is 0. The second kappa shape index (κ2) is 64.6. The third-order valence-corrected chi connectivity index (χ3v) is 29.9. The van der Waals surface area contributed by atoms with E-state index >= 15 is 0 Å². The van der Waals surface area contributed by atoms with Gasteiger partial charge in [0.05, 0.1) is 152 Å². The van der Waals surface area contributed by atoms with Crippen LogP contribution in [0.15, 0.2) is 12.2 Å². The highest BCUT2D eigenvalue weighted by Crippen LogP contribution is 2.48. The van der Waals surface area contributed by atoms with Crippen molar-refractivity contribution in [1.82, 2.24) is 5.32 Å². The lowest BCUT2D eigenvalue weighted by Crippen LogP contribution is -2.69. The quantitative estimate of drug-likeness (QED) is 0.00898. The smallest absolute Gasteiger partial charge is 0.332 e. The van der Waals surface area contributed by atoms with Crippen LogP contribution >= 0.6 is 0 Å². The highest BCUT2D eigenvalue weighted by molar-refractivity contribution is 5.76. The van der Waals surface area contributed by atoms with Crippen molar-refractivity contribution in [3.8, 4) is 0 Å². The Bertz CT molecular complexity index is 3790. The van der Waals surface area contributed by atoms with E-state index in [-0.39, 0.29) is 32.3 Å². The SMILES string of the molecule is CCCCCCCCCCCCC/C=C/[C@@H](O)[C@H](CO[C@@H]1OC(CO)[C@@H](O[C@@H]2OC(CO)[C@H](O[C@@H]3OC(CO)[C@H](O)[C@H](O[C@@H]4OC(CO)[C@H](O)[C@H](O[C@]5(OC=O)C[C@@H](O)[C@@H](C)C([C@H](O)[C@@H](CO)O[C@]6(OC=O)C[C@@H](O)[C@@H](C)C([C@H](O)[C@H](O)CO)O6)O5)C4O)C3C)[C@H](O[C@]3(OC=O)C[C@@H](O)[C@@H](C)C([C@H](O)[C@@H](CO)O[C@]4(OC=O)C[C@@H](O)[C@@H](C)C([C@H](O)[C@H](O)CO)O4)O3)C2O)[C@H](O)C1O)NC(=O)CCCCCCCCCCCCCCC. The number of hydrogen-bond donors (Lipinski definition) is 26. The molecule has 0 aliphatic carbocycles. The van der Waals surface area contributed by atoms with Crippen LogP contribution in [-0.4, -0.2) is 469 Å². The first-order valence-electron chi connectivity index (χ1n) is 53.2. The first-order chi connectivity index (χ1) is 71.7. The molecule has 0 aromatic rings. The molecule has 8 aliphatic heterocycles.